The normalized spacial score (nSPS) is 14.1. The van der Waals surface area contributed by atoms with E-state index < -0.39 is 12.0 Å². The second kappa shape index (κ2) is 4.95. The van der Waals surface area contributed by atoms with Crippen LogP contribution in [0.15, 0.2) is 18.2 Å². The van der Waals surface area contributed by atoms with Gasteiger partial charge in [0.1, 0.15) is 0 Å². The van der Waals surface area contributed by atoms with Gasteiger partial charge < -0.3 is 19.9 Å². The van der Waals surface area contributed by atoms with Crippen LogP contribution in [-0.2, 0) is 9.59 Å². The highest BCUT2D eigenvalue weighted by atomic mass is 16.7. The minimum Gasteiger partial charge on any atom is -0.479 e. The van der Waals surface area contributed by atoms with Gasteiger partial charge in [-0.1, -0.05) is 13.0 Å². The lowest BCUT2D eigenvalue weighted by atomic mass is 10.1. The largest absolute Gasteiger partial charge is 0.479 e. The molecule has 0 fully saturated rings. The van der Waals surface area contributed by atoms with Crippen molar-refractivity contribution in [3.05, 3.63) is 23.8 Å². The minimum atomic E-state index is -1.12. The van der Waals surface area contributed by atoms with Crippen molar-refractivity contribution in [3.8, 4) is 11.5 Å². The van der Waals surface area contributed by atoms with E-state index in [1.54, 1.807) is 25.1 Å². The first-order chi connectivity index (χ1) is 8.61. The number of benzene rings is 1. The number of rotatable bonds is 4. The molecule has 2 rings (SSSR count). The van der Waals surface area contributed by atoms with E-state index in [0.29, 0.717) is 17.1 Å². The molecule has 0 bridgehead atoms. The predicted octanol–water partition coefficient (Wildman–Crippen LogP) is 1.07. The van der Waals surface area contributed by atoms with Crippen molar-refractivity contribution in [2.24, 2.45) is 0 Å². The third-order valence-electron chi connectivity index (χ3n) is 2.60. The van der Waals surface area contributed by atoms with Gasteiger partial charge in [-0.2, -0.15) is 0 Å². The number of carboxylic acid groups (broad SMARTS) is 1. The fraction of sp³-hybridized carbons (Fsp3) is 0.333. The standard InChI is InChI=1S/C12H13NO5/c1-2-10(14)13-11(12(15)16)7-3-4-8-9(5-7)18-6-17-8/h3-5,11H,2,6H2,1H3,(H,13,14)(H,15,16). The molecule has 1 aliphatic heterocycles. The average Bonchev–Trinajstić information content (AvgIpc) is 2.82. The van der Waals surface area contributed by atoms with Crippen LogP contribution < -0.4 is 14.8 Å². The lowest BCUT2D eigenvalue weighted by Gasteiger charge is -2.14. The molecule has 1 heterocycles. The topological polar surface area (TPSA) is 84.9 Å². The number of amides is 1. The Labute approximate surface area is 104 Å². The van der Waals surface area contributed by atoms with Gasteiger partial charge in [0, 0.05) is 6.42 Å². The maximum atomic E-state index is 11.3. The zero-order valence-electron chi connectivity index (χ0n) is 9.80. The number of ether oxygens (including phenoxy) is 2. The van der Waals surface area contributed by atoms with Crippen molar-refractivity contribution in [3.63, 3.8) is 0 Å². The Morgan fingerprint density at radius 1 is 1.39 bits per heavy atom. The van der Waals surface area contributed by atoms with E-state index in [4.69, 9.17) is 14.6 Å². The van der Waals surface area contributed by atoms with Crippen molar-refractivity contribution in [2.75, 3.05) is 6.79 Å². The molecule has 0 saturated carbocycles. The summed E-state index contributed by atoms with van der Waals surface area (Å²) in [7, 11) is 0. The molecular formula is C12H13NO5. The van der Waals surface area contributed by atoms with Gasteiger partial charge in [-0.25, -0.2) is 4.79 Å². The lowest BCUT2D eigenvalue weighted by Crippen LogP contribution is -2.33. The van der Waals surface area contributed by atoms with Crippen molar-refractivity contribution in [2.45, 2.75) is 19.4 Å². The Kier molecular flexibility index (Phi) is 3.36. The van der Waals surface area contributed by atoms with Gasteiger partial charge in [0.25, 0.3) is 0 Å². The molecule has 96 valence electrons. The molecule has 18 heavy (non-hydrogen) atoms. The summed E-state index contributed by atoms with van der Waals surface area (Å²) in [5.74, 6) is -0.370. The molecule has 0 aliphatic carbocycles. The molecule has 0 radical (unpaired) electrons. The van der Waals surface area contributed by atoms with E-state index in [2.05, 4.69) is 5.32 Å². The number of hydrogen-bond donors (Lipinski definition) is 2. The smallest absolute Gasteiger partial charge is 0.330 e. The summed E-state index contributed by atoms with van der Waals surface area (Å²) in [6, 6.07) is 3.72. The third kappa shape index (κ3) is 2.37. The van der Waals surface area contributed by atoms with Gasteiger partial charge in [0.2, 0.25) is 12.7 Å². The minimum absolute atomic E-state index is 0.123. The number of carbonyl (C=O) groups excluding carboxylic acids is 1. The van der Waals surface area contributed by atoms with Gasteiger partial charge in [-0.3, -0.25) is 4.79 Å². The van der Waals surface area contributed by atoms with Crippen LogP contribution in [0.2, 0.25) is 0 Å². The van der Waals surface area contributed by atoms with Crippen LogP contribution in [0, 0.1) is 0 Å². The highest BCUT2D eigenvalue weighted by Crippen LogP contribution is 2.34. The van der Waals surface area contributed by atoms with E-state index >= 15 is 0 Å². The van der Waals surface area contributed by atoms with E-state index in [9.17, 15) is 9.59 Å². The van der Waals surface area contributed by atoms with Crippen LogP contribution in [-0.4, -0.2) is 23.8 Å². The van der Waals surface area contributed by atoms with Crippen LogP contribution in [0.5, 0.6) is 11.5 Å². The van der Waals surface area contributed by atoms with Crippen molar-refractivity contribution in [1.82, 2.24) is 5.32 Å². The Hall–Kier alpha value is -2.24. The molecule has 1 aromatic rings. The van der Waals surface area contributed by atoms with Gasteiger partial charge in [0.15, 0.2) is 17.5 Å². The second-order valence-electron chi connectivity index (χ2n) is 3.81. The first-order valence-electron chi connectivity index (χ1n) is 5.53. The van der Waals surface area contributed by atoms with Gasteiger partial charge in [0.05, 0.1) is 0 Å². The highest BCUT2D eigenvalue weighted by Gasteiger charge is 2.24. The zero-order chi connectivity index (χ0) is 13.1. The Balaban J connectivity index is 2.25. The summed E-state index contributed by atoms with van der Waals surface area (Å²) in [5.41, 5.74) is 0.452. The van der Waals surface area contributed by atoms with Crippen LogP contribution >= 0.6 is 0 Å². The average molecular weight is 251 g/mol. The van der Waals surface area contributed by atoms with Gasteiger partial charge >= 0.3 is 5.97 Å². The first-order valence-corrected chi connectivity index (χ1v) is 5.53. The zero-order valence-corrected chi connectivity index (χ0v) is 9.80. The summed E-state index contributed by atoms with van der Waals surface area (Å²) >= 11 is 0. The van der Waals surface area contributed by atoms with Gasteiger partial charge in [-0.15, -0.1) is 0 Å². The fourth-order valence-corrected chi connectivity index (χ4v) is 1.64. The number of fused-ring (bicyclic) bond motifs is 1. The summed E-state index contributed by atoms with van der Waals surface area (Å²) < 4.78 is 10.3. The Morgan fingerprint density at radius 2 is 2.11 bits per heavy atom. The van der Waals surface area contributed by atoms with Crippen LogP contribution in [0.3, 0.4) is 0 Å². The van der Waals surface area contributed by atoms with E-state index in [0.717, 1.165) is 0 Å². The lowest BCUT2D eigenvalue weighted by molar-refractivity contribution is -0.142. The molecule has 0 spiro atoms. The van der Waals surface area contributed by atoms with Crippen LogP contribution in [0.4, 0.5) is 0 Å². The Bertz CT molecular complexity index is 485. The maximum absolute atomic E-state index is 11.3. The Morgan fingerprint density at radius 3 is 2.78 bits per heavy atom. The molecule has 1 amide bonds. The quantitative estimate of drug-likeness (QED) is 0.836. The molecule has 0 saturated heterocycles. The molecule has 1 aromatic carbocycles. The molecule has 1 aliphatic rings. The van der Waals surface area contributed by atoms with Crippen molar-refractivity contribution in [1.29, 1.82) is 0 Å². The molecule has 1 atom stereocenters. The predicted molar refractivity (Wildman–Crippen MR) is 61.4 cm³/mol. The molecule has 1 unspecified atom stereocenters. The number of aliphatic carboxylic acids is 1. The molecule has 0 aromatic heterocycles. The van der Waals surface area contributed by atoms with Crippen LogP contribution in [0.25, 0.3) is 0 Å². The van der Waals surface area contributed by atoms with E-state index in [-0.39, 0.29) is 19.1 Å². The van der Waals surface area contributed by atoms with E-state index in [1.165, 1.54) is 0 Å². The number of carbonyl (C=O) groups is 2. The fourth-order valence-electron chi connectivity index (χ4n) is 1.64. The van der Waals surface area contributed by atoms with Crippen molar-refractivity contribution >= 4 is 11.9 Å². The summed E-state index contributed by atoms with van der Waals surface area (Å²) in [4.78, 5) is 22.5. The SMILES string of the molecule is CCC(=O)NC(C(=O)O)c1ccc2c(c1)OCO2. The van der Waals surface area contributed by atoms with Gasteiger partial charge in [-0.05, 0) is 17.7 Å². The summed E-state index contributed by atoms with van der Waals surface area (Å²) in [6.07, 6.45) is 0.230. The number of hydrogen-bond acceptors (Lipinski definition) is 4. The monoisotopic (exact) mass is 251 g/mol. The third-order valence-corrected chi connectivity index (χ3v) is 2.60. The number of nitrogens with one attached hydrogen (secondary N) is 1. The number of carboxylic acids is 1. The summed E-state index contributed by atoms with van der Waals surface area (Å²) in [5, 5.41) is 11.6. The van der Waals surface area contributed by atoms with Crippen molar-refractivity contribution < 1.29 is 24.2 Å². The molecule has 2 N–H and O–H groups in total. The molecular weight excluding hydrogens is 238 g/mol. The second-order valence-corrected chi connectivity index (χ2v) is 3.81. The molecule has 6 nitrogen and oxygen atoms in total. The molecule has 6 heteroatoms. The maximum Gasteiger partial charge on any atom is 0.330 e. The first kappa shape index (κ1) is 12.2. The van der Waals surface area contributed by atoms with Crippen LogP contribution in [0.1, 0.15) is 24.9 Å². The highest BCUT2D eigenvalue weighted by molar-refractivity contribution is 5.84. The summed E-state index contributed by atoms with van der Waals surface area (Å²) in [6.45, 7) is 1.78. The van der Waals surface area contributed by atoms with E-state index in [1.807, 2.05) is 0 Å².